The number of nitrogens with two attached hydrogens (primary N) is 1. The fraction of sp³-hybridized carbons (Fsp3) is 0.444. The molecule has 2 fully saturated rings. The highest BCUT2D eigenvalue weighted by molar-refractivity contribution is 7.80. The maximum absolute atomic E-state index is 12.9. The molecule has 1 aliphatic carbocycles. The molecule has 0 spiro atoms. The fourth-order valence-electron chi connectivity index (χ4n) is 3.24. The second-order valence-electron chi connectivity index (χ2n) is 6.46. The number of rotatable bonds is 4. The summed E-state index contributed by atoms with van der Waals surface area (Å²) in [6, 6.07) is 6.86. The van der Waals surface area contributed by atoms with E-state index in [4.69, 9.17) is 22.7 Å². The van der Waals surface area contributed by atoms with Crippen LogP contribution in [0.2, 0.25) is 0 Å². The van der Waals surface area contributed by atoms with Crippen LogP contribution in [0.4, 0.5) is 5.69 Å². The number of carbonyl (C=O) groups is 2. The first-order valence-corrected chi connectivity index (χ1v) is 9.04. The number of hydrogen-bond acceptors (Lipinski definition) is 6. The summed E-state index contributed by atoms with van der Waals surface area (Å²) in [5, 5.41) is 2.63. The van der Waals surface area contributed by atoms with Crippen LogP contribution in [0.25, 0.3) is 0 Å². The van der Waals surface area contributed by atoms with Crippen LogP contribution in [0.5, 0.6) is 5.75 Å². The fourth-order valence-corrected chi connectivity index (χ4v) is 3.53. The van der Waals surface area contributed by atoms with Crippen LogP contribution in [-0.2, 0) is 9.59 Å². The lowest BCUT2D eigenvalue weighted by atomic mass is 9.91. The lowest BCUT2D eigenvalue weighted by Gasteiger charge is -2.31. The number of nitrogens with zero attached hydrogens (tertiary/aromatic N) is 2. The Bertz CT molecular complexity index is 752. The monoisotopic (exact) mass is 374 g/mol. The van der Waals surface area contributed by atoms with E-state index in [0.717, 1.165) is 25.7 Å². The number of aliphatic imine (C=N–C) groups is 1. The molecule has 2 aliphatic rings. The van der Waals surface area contributed by atoms with Gasteiger partial charge in [-0.05, 0) is 37.2 Å². The molecule has 1 saturated heterocycles. The summed E-state index contributed by atoms with van der Waals surface area (Å²) in [5.74, 6) is -1.33. The number of nitrogens with one attached hydrogen (secondary N) is 1. The van der Waals surface area contributed by atoms with Gasteiger partial charge in [0.15, 0.2) is 11.0 Å². The van der Waals surface area contributed by atoms with E-state index in [1.807, 2.05) is 0 Å². The summed E-state index contributed by atoms with van der Waals surface area (Å²) in [6.45, 7) is 0. The average Bonchev–Trinajstić information content (AvgIpc) is 2.63. The van der Waals surface area contributed by atoms with Crippen LogP contribution in [0.1, 0.15) is 25.7 Å². The van der Waals surface area contributed by atoms with Gasteiger partial charge >= 0.3 is 0 Å². The Labute approximate surface area is 157 Å². The zero-order valence-corrected chi connectivity index (χ0v) is 15.4. The SMILES string of the molecule is COc1cccc(N2C(=O)[C@H](C=N[C@H]3CCCC[C@@H]3N)C(=O)NC2=S)c1. The van der Waals surface area contributed by atoms with E-state index in [2.05, 4.69) is 10.3 Å². The quantitative estimate of drug-likeness (QED) is 0.472. The van der Waals surface area contributed by atoms with E-state index in [1.165, 1.54) is 11.1 Å². The second kappa shape index (κ2) is 7.92. The van der Waals surface area contributed by atoms with E-state index < -0.39 is 17.7 Å². The lowest BCUT2D eigenvalue weighted by molar-refractivity contribution is -0.130. The number of ether oxygens (including phenoxy) is 1. The third kappa shape index (κ3) is 3.76. The van der Waals surface area contributed by atoms with E-state index in [-0.39, 0.29) is 17.2 Å². The van der Waals surface area contributed by atoms with Gasteiger partial charge in [0.25, 0.3) is 5.91 Å². The van der Waals surface area contributed by atoms with Gasteiger partial charge in [-0.2, -0.15) is 0 Å². The molecule has 2 amide bonds. The third-order valence-corrected chi connectivity index (χ3v) is 5.01. The maximum atomic E-state index is 12.9. The molecule has 26 heavy (non-hydrogen) atoms. The predicted octanol–water partition coefficient (Wildman–Crippen LogP) is 1.40. The molecule has 0 radical (unpaired) electrons. The van der Waals surface area contributed by atoms with Crippen molar-refractivity contribution in [2.75, 3.05) is 12.0 Å². The lowest BCUT2D eigenvalue weighted by Crippen LogP contribution is -2.58. The Morgan fingerprint density at radius 1 is 1.35 bits per heavy atom. The summed E-state index contributed by atoms with van der Waals surface area (Å²) in [6.07, 6.45) is 5.35. The summed E-state index contributed by atoms with van der Waals surface area (Å²) in [5.41, 5.74) is 6.63. The van der Waals surface area contributed by atoms with Crippen molar-refractivity contribution < 1.29 is 14.3 Å². The molecule has 0 bridgehead atoms. The molecule has 1 heterocycles. The normalized spacial score (nSPS) is 26.9. The summed E-state index contributed by atoms with van der Waals surface area (Å²) >= 11 is 5.19. The molecule has 1 aliphatic heterocycles. The van der Waals surface area contributed by atoms with Crippen molar-refractivity contribution in [2.24, 2.45) is 16.6 Å². The van der Waals surface area contributed by atoms with Crippen molar-refractivity contribution in [3.63, 3.8) is 0 Å². The van der Waals surface area contributed by atoms with Crippen molar-refractivity contribution in [1.82, 2.24) is 5.32 Å². The highest BCUT2D eigenvalue weighted by atomic mass is 32.1. The summed E-state index contributed by atoms with van der Waals surface area (Å²) < 4.78 is 5.19. The van der Waals surface area contributed by atoms with Gasteiger partial charge < -0.3 is 15.8 Å². The second-order valence-corrected chi connectivity index (χ2v) is 6.85. The largest absolute Gasteiger partial charge is 0.497 e. The molecule has 1 aromatic rings. The number of methoxy groups -OCH3 is 1. The first-order chi connectivity index (χ1) is 12.5. The zero-order chi connectivity index (χ0) is 18.7. The van der Waals surface area contributed by atoms with Crippen LogP contribution < -0.4 is 20.7 Å². The number of hydrogen-bond donors (Lipinski definition) is 2. The Balaban J connectivity index is 1.83. The van der Waals surface area contributed by atoms with Crippen LogP contribution in [0.15, 0.2) is 29.3 Å². The van der Waals surface area contributed by atoms with Crippen LogP contribution in [-0.4, -0.2) is 42.3 Å². The van der Waals surface area contributed by atoms with Crippen molar-refractivity contribution in [2.45, 2.75) is 37.8 Å². The van der Waals surface area contributed by atoms with Gasteiger partial charge in [0.2, 0.25) is 5.91 Å². The van der Waals surface area contributed by atoms with E-state index in [0.29, 0.717) is 11.4 Å². The van der Waals surface area contributed by atoms with E-state index in [9.17, 15) is 9.59 Å². The number of thiocarbonyl (C=S) groups is 1. The van der Waals surface area contributed by atoms with E-state index in [1.54, 1.807) is 31.4 Å². The maximum Gasteiger partial charge on any atom is 0.251 e. The molecule has 3 N–H and O–H groups in total. The van der Waals surface area contributed by atoms with Crippen molar-refractivity contribution in [3.05, 3.63) is 24.3 Å². The van der Waals surface area contributed by atoms with Gasteiger partial charge in [0.05, 0.1) is 18.8 Å². The minimum absolute atomic E-state index is 0.0303. The topological polar surface area (TPSA) is 97.0 Å². The first kappa shape index (κ1) is 18.5. The molecular weight excluding hydrogens is 352 g/mol. The number of amides is 2. The zero-order valence-electron chi connectivity index (χ0n) is 14.6. The average molecular weight is 374 g/mol. The highest BCUT2D eigenvalue weighted by Gasteiger charge is 2.38. The molecule has 0 aromatic heterocycles. The van der Waals surface area contributed by atoms with Gasteiger partial charge in [0.1, 0.15) is 5.75 Å². The van der Waals surface area contributed by atoms with Gasteiger partial charge in [0, 0.05) is 18.3 Å². The van der Waals surface area contributed by atoms with Gasteiger partial charge in [-0.1, -0.05) is 18.9 Å². The Hall–Kier alpha value is -2.32. The van der Waals surface area contributed by atoms with Crippen LogP contribution in [0.3, 0.4) is 0 Å². The molecular formula is C18H22N4O3S. The van der Waals surface area contributed by atoms with Crippen LogP contribution in [0, 0.1) is 5.92 Å². The Morgan fingerprint density at radius 2 is 2.12 bits per heavy atom. The number of anilines is 1. The number of carbonyl (C=O) groups excluding carboxylic acids is 2. The molecule has 1 saturated carbocycles. The molecule has 7 nitrogen and oxygen atoms in total. The van der Waals surface area contributed by atoms with Gasteiger partial charge in [-0.3, -0.25) is 19.5 Å². The minimum atomic E-state index is -1.03. The van der Waals surface area contributed by atoms with E-state index >= 15 is 0 Å². The molecule has 8 heteroatoms. The molecule has 1 aromatic carbocycles. The van der Waals surface area contributed by atoms with Gasteiger partial charge in [-0.25, -0.2) is 0 Å². The smallest absolute Gasteiger partial charge is 0.251 e. The molecule has 138 valence electrons. The van der Waals surface area contributed by atoms with Crippen molar-refractivity contribution in [1.29, 1.82) is 0 Å². The standard InChI is InChI=1S/C18H22N4O3S/c1-25-12-6-4-5-11(9-12)22-17(24)13(16(23)21-18(22)26)10-20-15-8-3-2-7-14(15)19/h4-6,9-10,13-15H,2-3,7-8,19H2,1H3,(H,21,23,26)/t13-,14+,15+/m1/s1. The minimum Gasteiger partial charge on any atom is -0.497 e. The molecule has 3 rings (SSSR count). The third-order valence-electron chi connectivity index (χ3n) is 4.72. The predicted molar refractivity (Wildman–Crippen MR) is 103 cm³/mol. The first-order valence-electron chi connectivity index (χ1n) is 8.63. The van der Waals surface area contributed by atoms with Crippen LogP contribution >= 0.6 is 12.2 Å². The highest BCUT2D eigenvalue weighted by Crippen LogP contribution is 2.25. The Morgan fingerprint density at radius 3 is 2.85 bits per heavy atom. The summed E-state index contributed by atoms with van der Waals surface area (Å²) in [4.78, 5) is 30.9. The van der Waals surface area contributed by atoms with Gasteiger partial charge in [-0.15, -0.1) is 0 Å². The summed E-state index contributed by atoms with van der Waals surface area (Å²) in [7, 11) is 1.54. The Kier molecular flexibility index (Phi) is 5.63. The van der Waals surface area contributed by atoms with Crippen molar-refractivity contribution in [3.8, 4) is 5.75 Å². The van der Waals surface area contributed by atoms with Crippen molar-refractivity contribution >= 4 is 41.0 Å². The number of benzene rings is 1. The molecule has 3 atom stereocenters. The molecule has 0 unspecified atom stereocenters.